The van der Waals surface area contributed by atoms with Crippen LogP contribution in [-0.2, 0) is 6.54 Å². The molecule has 2 rings (SSSR count). The van der Waals surface area contributed by atoms with E-state index in [1.165, 1.54) is 23.5 Å². The van der Waals surface area contributed by atoms with Crippen molar-refractivity contribution in [2.24, 2.45) is 5.73 Å². The van der Waals surface area contributed by atoms with Gasteiger partial charge in [-0.15, -0.1) is 11.3 Å². The maximum atomic E-state index is 11.8. The summed E-state index contributed by atoms with van der Waals surface area (Å²) in [6.45, 7) is 0.635. The first-order valence-corrected chi connectivity index (χ1v) is 6.81. The molecule has 0 unspecified atom stereocenters. The Morgan fingerprint density at radius 3 is 2.90 bits per heavy atom. The van der Waals surface area contributed by atoms with E-state index in [1.54, 1.807) is 0 Å². The van der Waals surface area contributed by atoms with Crippen LogP contribution in [0.25, 0.3) is 0 Å². The summed E-state index contributed by atoms with van der Waals surface area (Å²) < 4.78 is 0. The molecule has 7 nitrogen and oxygen atoms in total. The lowest BCUT2D eigenvalue weighted by atomic mass is 10.4. The molecule has 2 aromatic rings. The molecule has 0 atom stereocenters. The molecule has 108 valence electrons. The lowest BCUT2D eigenvalue weighted by Gasteiger charge is -1.99. The Morgan fingerprint density at radius 1 is 1.43 bits per heavy atom. The molecule has 0 radical (unpaired) electrons. The third-order valence-electron chi connectivity index (χ3n) is 2.51. The first-order valence-electron chi connectivity index (χ1n) is 5.99. The van der Waals surface area contributed by atoms with Crippen molar-refractivity contribution in [1.29, 1.82) is 0 Å². The molecule has 0 saturated heterocycles. The van der Waals surface area contributed by atoms with Crippen LogP contribution in [0.4, 0.5) is 5.82 Å². The fraction of sp³-hybridized carbons (Fsp3) is 0.154. The molecule has 2 aromatic heterocycles. The van der Waals surface area contributed by atoms with Gasteiger partial charge in [-0.25, -0.2) is 4.98 Å². The fourth-order valence-electron chi connectivity index (χ4n) is 1.56. The van der Waals surface area contributed by atoms with Gasteiger partial charge in [-0.2, -0.15) is 0 Å². The molecule has 0 aliphatic carbocycles. The SMILES string of the molecule is NCC#Cc1ccc(CNC(=O)c2ccc([N+](=O)[O-])[nH]2)s1. The van der Waals surface area contributed by atoms with E-state index < -0.39 is 10.8 Å². The van der Waals surface area contributed by atoms with Crippen molar-refractivity contribution in [1.82, 2.24) is 10.3 Å². The standard InChI is InChI=1S/C13H12N4O3S/c14-7-1-2-9-3-4-10(21-9)8-15-13(18)11-5-6-12(16-11)17(19)20/h3-6,16H,7-8,14H2,(H,15,18). The maximum Gasteiger partial charge on any atom is 0.321 e. The van der Waals surface area contributed by atoms with Gasteiger partial charge in [0, 0.05) is 10.9 Å². The third kappa shape index (κ3) is 3.92. The number of nitrogens with one attached hydrogen (secondary N) is 2. The highest BCUT2D eigenvalue weighted by Gasteiger charge is 2.15. The second-order valence-corrected chi connectivity index (χ2v) is 5.14. The van der Waals surface area contributed by atoms with Crippen LogP contribution in [-0.4, -0.2) is 22.4 Å². The number of hydrogen-bond acceptors (Lipinski definition) is 5. The highest BCUT2D eigenvalue weighted by atomic mass is 32.1. The summed E-state index contributed by atoms with van der Waals surface area (Å²) in [4.78, 5) is 26.0. The van der Waals surface area contributed by atoms with E-state index >= 15 is 0 Å². The molecular formula is C13H12N4O3S. The Bertz CT molecular complexity index is 723. The summed E-state index contributed by atoms with van der Waals surface area (Å²) >= 11 is 1.46. The Morgan fingerprint density at radius 2 is 2.24 bits per heavy atom. The van der Waals surface area contributed by atoms with Gasteiger partial charge in [-0.3, -0.25) is 4.79 Å². The number of thiophene rings is 1. The van der Waals surface area contributed by atoms with Gasteiger partial charge < -0.3 is 21.2 Å². The van der Waals surface area contributed by atoms with E-state index in [2.05, 4.69) is 22.1 Å². The van der Waals surface area contributed by atoms with Crippen molar-refractivity contribution in [3.63, 3.8) is 0 Å². The van der Waals surface area contributed by atoms with Gasteiger partial charge in [0.2, 0.25) is 0 Å². The van der Waals surface area contributed by atoms with Crippen molar-refractivity contribution < 1.29 is 9.72 Å². The molecule has 0 saturated carbocycles. The van der Waals surface area contributed by atoms with Crippen LogP contribution in [0.1, 0.15) is 20.2 Å². The number of aromatic amines is 1. The van der Waals surface area contributed by atoms with Crippen molar-refractivity contribution in [2.75, 3.05) is 6.54 Å². The van der Waals surface area contributed by atoms with Crippen LogP contribution in [0.3, 0.4) is 0 Å². The molecule has 0 fully saturated rings. The van der Waals surface area contributed by atoms with Gasteiger partial charge in [0.15, 0.2) is 5.69 Å². The van der Waals surface area contributed by atoms with Crippen LogP contribution >= 0.6 is 11.3 Å². The quantitative estimate of drug-likeness (QED) is 0.447. The lowest BCUT2D eigenvalue weighted by molar-refractivity contribution is -0.389. The van der Waals surface area contributed by atoms with E-state index in [4.69, 9.17) is 5.73 Å². The molecule has 0 aliphatic rings. The second-order valence-electron chi connectivity index (χ2n) is 3.97. The number of carbonyl (C=O) groups is 1. The zero-order chi connectivity index (χ0) is 15.2. The molecule has 0 aliphatic heterocycles. The summed E-state index contributed by atoms with van der Waals surface area (Å²) in [7, 11) is 0. The van der Waals surface area contributed by atoms with Crippen molar-refractivity contribution in [3.8, 4) is 11.8 Å². The topological polar surface area (TPSA) is 114 Å². The van der Waals surface area contributed by atoms with E-state index in [9.17, 15) is 14.9 Å². The van der Waals surface area contributed by atoms with Crippen molar-refractivity contribution >= 4 is 23.1 Å². The number of aromatic nitrogens is 1. The number of amides is 1. The fourth-order valence-corrected chi connectivity index (χ4v) is 2.39. The van der Waals surface area contributed by atoms with Crippen LogP contribution in [0.5, 0.6) is 0 Å². The summed E-state index contributed by atoms with van der Waals surface area (Å²) in [5.74, 6) is 5.05. The summed E-state index contributed by atoms with van der Waals surface area (Å²) in [5.41, 5.74) is 5.45. The monoisotopic (exact) mass is 304 g/mol. The summed E-state index contributed by atoms with van der Waals surface area (Å²) in [6.07, 6.45) is 0. The lowest BCUT2D eigenvalue weighted by Crippen LogP contribution is -2.22. The van der Waals surface area contributed by atoms with E-state index in [1.807, 2.05) is 12.1 Å². The van der Waals surface area contributed by atoms with Crippen LogP contribution in [0, 0.1) is 22.0 Å². The normalized spacial score (nSPS) is 9.76. The minimum absolute atomic E-state index is 0.154. The Hall–Kier alpha value is -2.63. The zero-order valence-corrected chi connectivity index (χ0v) is 11.7. The number of H-pyrrole nitrogens is 1. The number of nitrogens with zero attached hydrogens (tertiary/aromatic N) is 1. The summed E-state index contributed by atoms with van der Waals surface area (Å²) in [6, 6.07) is 6.34. The molecule has 0 bridgehead atoms. The number of rotatable bonds is 4. The number of hydrogen-bond donors (Lipinski definition) is 3. The molecule has 1 amide bonds. The molecule has 2 heterocycles. The van der Waals surface area contributed by atoms with E-state index in [0.29, 0.717) is 13.1 Å². The molecule has 21 heavy (non-hydrogen) atoms. The highest BCUT2D eigenvalue weighted by Crippen LogP contribution is 2.15. The van der Waals surface area contributed by atoms with E-state index in [-0.39, 0.29) is 11.5 Å². The van der Waals surface area contributed by atoms with Crippen molar-refractivity contribution in [3.05, 3.63) is 49.8 Å². The van der Waals surface area contributed by atoms with Crippen LogP contribution < -0.4 is 11.1 Å². The average Bonchev–Trinajstić information content (AvgIpc) is 3.11. The second kappa shape index (κ2) is 6.69. The van der Waals surface area contributed by atoms with Crippen LogP contribution in [0.15, 0.2) is 24.3 Å². The summed E-state index contributed by atoms with van der Waals surface area (Å²) in [5, 5.41) is 13.2. The maximum absolute atomic E-state index is 11.8. The van der Waals surface area contributed by atoms with Gasteiger partial charge in [-0.1, -0.05) is 11.8 Å². The van der Waals surface area contributed by atoms with Gasteiger partial charge >= 0.3 is 5.82 Å². The third-order valence-corrected chi connectivity index (χ3v) is 3.51. The smallest absolute Gasteiger partial charge is 0.321 e. The molecule has 0 aromatic carbocycles. The molecule has 0 spiro atoms. The van der Waals surface area contributed by atoms with Gasteiger partial charge in [0.05, 0.1) is 18.0 Å². The zero-order valence-electron chi connectivity index (χ0n) is 10.9. The molecule has 8 heteroatoms. The highest BCUT2D eigenvalue weighted by molar-refractivity contribution is 7.12. The van der Waals surface area contributed by atoms with Crippen molar-refractivity contribution in [2.45, 2.75) is 6.54 Å². The minimum Gasteiger partial charge on any atom is -0.358 e. The predicted octanol–water partition coefficient (Wildman–Crippen LogP) is 1.22. The van der Waals surface area contributed by atoms with Gasteiger partial charge in [0.25, 0.3) is 5.91 Å². The number of nitrogens with two attached hydrogens (primary N) is 1. The molecular weight excluding hydrogens is 292 g/mol. The Labute approximate surface area is 124 Å². The van der Waals surface area contributed by atoms with Gasteiger partial charge in [0.1, 0.15) is 0 Å². The predicted molar refractivity (Wildman–Crippen MR) is 78.9 cm³/mol. The molecule has 4 N–H and O–H groups in total. The van der Waals surface area contributed by atoms with Crippen LogP contribution in [0.2, 0.25) is 0 Å². The Balaban J connectivity index is 1.94. The largest absolute Gasteiger partial charge is 0.358 e. The number of carbonyl (C=O) groups excluding carboxylic acids is 1. The van der Waals surface area contributed by atoms with Gasteiger partial charge in [-0.05, 0) is 23.1 Å². The Kier molecular flexibility index (Phi) is 4.71. The average molecular weight is 304 g/mol. The number of nitro groups is 1. The van der Waals surface area contributed by atoms with E-state index in [0.717, 1.165) is 9.75 Å². The first kappa shape index (κ1) is 14.8. The first-order chi connectivity index (χ1) is 10.1. The minimum atomic E-state index is -0.585.